The summed E-state index contributed by atoms with van der Waals surface area (Å²) in [6, 6.07) is 2.31. The van der Waals surface area contributed by atoms with Crippen LogP contribution in [0.3, 0.4) is 0 Å². The molecular weight excluding hydrogens is 298 g/mol. The summed E-state index contributed by atoms with van der Waals surface area (Å²) >= 11 is 0. The Bertz CT molecular complexity index is 810. The Kier molecular flexibility index (Phi) is 4.57. The van der Waals surface area contributed by atoms with Gasteiger partial charge in [-0.05, 0) is 52.0 Å². The van der Waals surface area contributed by atoms with E-state index in [-0.39, 0.29) is 0 Å². The number of anilines is 1. The Balaban J connectivity index is 2.34. The SMILES string of the molecule is CCn1nc(C)c(-c2c(C#N)c(N)nc3c2CCCCCC3)c1C. The second kappa shape index (κ2) is 6.64. The minimum atomic E-state index is 0.356. The molecule has 0 radical (unpaired) electrons. The van der Waals surface area contributed by atoms with Gasteiger partial charge in [0.2, 0.25) is 0 Å². The van der Waals surface area contributed by atoms with Crippen molar-refractivity contribution in [1.29, 1.82) is 5.26 Å². The molecule has 0 bridgehead atoms. The van der Waals surface area contributed by atoms with Crippen LogP contribution in [0.1, 0.15) is 60.8 Å². The molecule has 2 aromatic heterocycles. The third-order valence-corrected chi connectivity index (χ3v) is 5.04. The number of nitrogen functional groups attached to an aromatic ring is 1. The lowest BCUT2D eigenvalue weighted by molar-refractivity contribution is 0.609. The molecule has 0 fully saturated rings. The highest BCUT2D eigenvalue weighted by Crippen LogP contribution is 2.38. The average Bonchev–Trinajstić information content (AvgIpc) is 2.82. The summed E-state index contributed by atoms with van der Waals surface area (Å²) < 4.78 is 2.00. The van der Waals surface area contributed by atoms with E-state index in [0.29, 0.717) is 11.4 Å². The van der Waals surface area contributed by atoms with Gasteiger partial charge in [0.05, 0.1) is 5.69 Å². The summed E-state index contributed by atoms with van der Waals surface area (Å²) in [7, 11) is 0. The Morgan fingerprint density at radius 3 is 2.46 bits per heavy atom. The highest BCUT2D eigenvalue weighted by atomic mass is 15.3. The van der Waals surface area contributed by atoms with Gasteiger partial charge >= 0.3 is 0 Å². The number of nitrogens with zero attached hydrogens (tertiary/aromatic N) is 4. The van der Waals surface area contributed by atoms with Crippen LogP contribution in [-0.4, -0.2) is 14.8 Å². The normalized spacial score (nSPS) is 14.6. The maximum atomic E-state index is 9.74. The topological polar surface area (TPSA) is 80.5 Å². The predicted molar refractivity (Wildman–Crippen MR) is 95.6 cm³/mol. The van der Waals surface area contributed by atoms with Gasteiger partial charge in [-0.15, -0.1) is 0 Å². The van der Waals surface area contributed by atoms with Crippen LogP contribution in [0.2, 0.25) is 0 Å². The van der Waals surface area contributed by atoms with Gasteiger partial charge in [0, 0.05) is 29.1 Å². The third-order valence-electron chi connectivity index (χ3n) is 5.04. The van der Waals surface area contributed by atoms with E-state index in [9.17, 15) is 5.26 Å². The van der Waals surface area contributed by atoms with Crippen LogP contribution >= 0.6 is 0 Å². The molecule has 5 heteroatoms. The molecule has 5 nitrogen and oxygen atoms in total. The number of aromatic nitrogens is 3. The summed E-state index contributed by atoms with van der Waals surface area (Å²) in [5.41, 5.74) is 13.1. The molecule has 0 aromatic carbocycles. The van der Waals surface area contributed by atoms with Crippen molar-refractivity contribution in [2.45, 2.75) is 65.8 Å². The number of rotatable bonds is 2. The van der Waals surface area contributed by atoms with Gasteiger partial charge in [-0.2, -0.15) is 10.4 Å². The van der Waals surface area contributed by atoms with Crippen LogP contribution in [0.15, 0.2) is 0 Å². The van der Waals surface area contributed by atoms with Gasteiger partial charge in [-0.1, -0.05) is 12.8 Å². The van der Waals surface area contributed by atoms with Gasteiger partial charge in [0.15, 0.2) is 0 Å². The maximum Gasteiger partial charge on any atom is 0.142 e. The van der Waals surface area contributed by atoms with Crippen LogP contribution in [0, 0.1) is 25.2 Å². The molecule has 0 saturated heterocycles. The van der Waals surface area contributed by atoms with E-state index in [1.807, 2.05) is 11.6 Å². The molecular formula is C19H25N5. The van der Waals surface area contributed by atoms with E-state index in [0.717, 1.165) is 60.4 Å². The van der Waals surface area contributed by atoms with Gasteiger partial charge in [-0.3, -0.25) is 4.68 Å². The lowest BCUT2D eigenvalue weighted by Crippen LogP contribution is -2.10. The lowest BCUT2D eigenvalue weighted by atomic mass is 9.87. The minimum Gasteiger partial charge on any atom is -0.383 e. The molecule has 0 atom stereocenters. The number of hydrogen-bond donors (Lipinski definition) is 1. The molecule has 0 saturated carbocycles. The molecule has 0 amide bonds. The molecule has 2 heterocycles. The Labute approximate surface area is 143 Å². The zero-order valence-electron chi connectivity index (χ0n) is 14.8. The highest BCUT2D eigenvalue weighted by Gasteiger charge is 2.25. The third kappa shape index (κ3) is 2.66. The van der Waals surface area contributed by atoms with Gasteiger partial charge in [-0.25, -0.2) is 4.98 Å². The first-order chi connectivity index (χ1) is 11.6. The first-order valence-electron chi connectivity index (χ1n) is 8.84. The summed E-state index contributed by atoms with van der Waals surface area (Å²) in [5.74, 6) is 0.356. The van der Waals surface area contributed by atoms with E-state index in [1.54, 1.807) is 0 Å². The van der Waals surface area contributed by atoms with E-state index < -0.39 is 0 Å². The Morgan fingerprint density at radius 2 is 1.83 bits per heavy atom. The van der Waals surface area contributed by atoms with Crippen molar-refractivity contribution in [1.82, 2.24) is 14.8 Å². The van der Waals surface area contributed by atoms with Crippen LogP contribution < -0.4 is 5.73 Å². The predicted octanol–water partition coefficient (Wildman–Crippen LogP) is 3.69. The van der Waals surface area contributed by atoms with E-state index >= 15 is 0 Å². The molecule has 3 rings (SSSR count). The van der Waals surface area contributed by atoms with Crippen molar-refractivity contribution in [3.05, 3.63) is 28.2 Å². The molecule has 2 aromatic rings. The van der Waals surface area contributed by atoms with Crippen LogP contribution in [-0.2, 0) is 19.4 Å². The highest BCUT2D eigenvalue weighted by molar-refractivity contribution is 5.81. The summed E-state index contributed by atoms with van der Waals surface area (Å²) in [6.07, 6.45) is 6.65. The zero-order valence-corrected chi connectivity index (χ0v) is 14.8. The van der Waals surface area contributed by atoms with Crippen molar-refractivity contribution in [3.8, 4) is 17.2 Å². The van der Waals surface area contributed by atoms with Crippen molar-refractivity contribution in [3.63, 3.8) is 0 Å². The quantitative estimate of drug-likeness (QED) is 0.914. The van der Waals surface area contributed by atoms with Crippen molar-refractivity contribution in [2.75, 3.05) is 5.73 Å². The largest absolute Gasteiger partial charge is 0.383 e. The molecule has 24 heavy (non-hydrogen) atoms. The molecule has 0 aliphatic heterocycles. The zero-order chi connectivity index (χ0) is 17.3. The maximum absolute atomic E-state index is 9.74. The second-order valence-electron chi connectivity index (χ2n) is 6.56. The van der Waals surface area contributed by atoms with Gasteiger partial charge in [0.1, 0.15) is 17.5 Å². The fourth-order valence-corrected chi connectivity index (χ4v) is 3.87. The number of fused-ring (bicyclic) bond motifs is 1. The second-order valence-corrected chi connectivity index (χ2v) is 6.56. The van der Waals surface area contributed by atoms with Crippen molar-refractivity contribution in [2.24, 2.45) is 0 Å². The van der Waals surface area contributed by atoms with E-state index in [4.69, 9.17) is 5.73 Å². The molecule has 0 unspecified atom stereocenters. The first-order valence-corrected chi connectivity index (χ1v) is 8.84. The summed E-state index contributed by atoms with van der Waals surface area (Å²) in [5, 5.41) is 14.4. The summed E-state index contributed by atoms with van der Waals surface area (Å²) in [4.78, 5) is 4.59. The fraction of sp³-hybridized carbons (Fsp3) is 0.526. The van der Waals surface area contributed by atoms with Gasteiger partial charge in [0.25, 0.3) is 0 Å². The first kappa shape index (κ1) is 16.5. The minimum absolute atomic E-state index is 0.356. The van der Waals surface area contributed by atoms with Crippen LogP contribution in [0.25, 0.3) is 11.1 Å². The van der Waals surface area contributed by atoms with E-state index in [1.165, 1.54) is 18.4 Å². The van der Waals surface area contributed by atoms with Crippen molar-refractivity contribution >= 4 is 5.82 Å². The van der Waals surface area contributed by atoms with Crippen molar-refractivity contribution < 1.29 is 0 Å². The Morgan fingerprint density at radius 1 is 1.12 bits per heavy atom. The van der Waals surface area contributed by atoms with Crippen LogP contribution in [0.4, 0.5) is 5.82 Å². The number of pyridine rings is 1. The lowest BCUT2D eigenvalue weighted by Gasteiger charge is -2.20. The fourth-order valence-electron chi connectivity index (χ4n) is 3.87. The smallest absolute Gasteiger partial charge is 0.142 e. The Hall–Kier alpha value is -2.35. The summed E-state index contributed by atoms with van der Waals surface area (Å²) in [6.45, 7) is 6.99. The van der Waals surface area contributed by atoms with Crippen LogP contribution in [0.5, 0.6) is 0 Å². The van der Waals surface area contributed by atoms with Gasteiger partial charge < -0.3 is 5.73 Å². The molecule has 1 aliphatic carbocycles. The number of nitriles is 1. The average molecular weight is 323 g/mol. The standard InChI is InChI=1S/C19H25N5/c1-4-24-13(3)17(12(2)23-24)18-14-9-7-5-6-8-10-16(14)22-19(21)15(18)11-20/h4-10H2,1-3H3,(H2,21,22). The van der Waals surface area contributed by atoms with E-state index in [2.05, 4.69) is 30.0 Å². The molecule has 1 aliphatic rings. The monoisotopic (exact) mass is 323 g/mol. The number of hydrogen-bond acceptors (Lipinski definition) is 4. The molecule has 126 valence electrons. The number of nitrogens with two attached hydrogens (primary N) is 1. The molecule has 0 spiro atoms. The molecule has 2 N–H and O–H groups in total. The number of aryl methyl sites for hydroxylation is 3.